The fraction of sp³-hybridized carbons (Fsp3) is 0.650. The number of nitrogens with two attached hydrogens (primary N) is 1. The second-order valence-corrected chi connectivity index (χ2v) is 7.43. The lowest BCUT2D eigenvalue weighted by Crippen LogP contribution is -2.43. The van der Waals surface area contributed by atoms with Crippen LogP contribution in [-0.4, -0.2) is 24.2 Å². The highest BCUT2D eigenvalue weighted by atomic mass is 35.5. The second-order valence-electron chi connectivity index (χ2n) is 6.99. The van der Waals surface area contributed by atoms with Gasteiger partial charge in [-0.2, -0.15) is 0 Å². The first-order chi connectivity index (χ1) is 11.8. The van der Waals surface area contributed by atoms with E-state index in [1.165, 1.54) is 0 Å². The lowest BCUT2D eigenvalue weighted by molar-refractivity contribution is -0.156. The molecule has 0 spiro atoms. The first-order valence-electron chi connectivity index (χ1n) is 9.16. The summed E-state index contributed by atoms with van der Waals surface area (Å²) in [5, 5.41) is 0.658. The summed E-state index contributed by atoms with van der Waals surface area (Å²) in [6, 6.07) is 6.64. The van der Waals surface area contributed by atoms with Crippen molar-refractivity contribution < 1.29 is 14.3 Å². The Hall–Kier alpha value is -1.26. The Morgan fingerprint density at radius 1 is 1.12 bits per heavy atom. The lowest BCUT2D eigenvalue weighted by Gasteiger charge is -2.31. The Morgan fingerprint density at radius 2 is 1.68 bits per heavy atom. The smallest absolute Gasteiger partial charge is 0.323 e. The fourth-order valence-corrected chi connectivity index (χ4v) is 3.07. The van der Waals surface area contributed by atoms with Crippen molar-refractivity contribution in [2.24, 2.45) is 17.6 Å². The normalized spacial score (nSPS) is 15.1. The van der Waals surface area contributed by atoms with E-state index in [4.69, 9.17) is 26.8 Å². The van der Waals surface area contributed by atoms with Crippen molar-refractivity contribution in [3.05, 3.63) is 29.3 Å². The van der Waals surface area contributed by atoms with Gasteiger partial charge in [-0.3, -0.25) is 4.79 Å². The zero-order valence-corrected chi connectivity index (χ0v) is 16.8. The molecule has 0 aliphatic heterocycles. The largest absolute Gasteiger partial charge is 0.486 e. The molecule has 0 radical (unpaired) electrons. The third kappa shape index (κ3) is 7.25. The molecule has 2 N–H and O–H groups in total. The van der Waals surface area contributed by atoms with Gasteiger partial charge < -0.3 is 15.2 Å². The zero-order valence-electron chi connectivity index (χ0n) is 16.0. The molecular formula is C20H32ClNO3. The first kappa shape index (κ1) is 21.8. The third-order valence-electron chi connectivity index (χ3n) is 4.39. The number of carbonyl (C=O) groups excluding carboxylic acids is 1. The minimum atomic E-state index is -0.597. The minimum Gasteiger partial charge on any atom is -0.486 e. The minimum absolute atomic E-state index is 0.230. The molecule has 142 valence electrons. The van der Waals surface area contributed by atoms with E-state index in [2.05, 4.69) is 13.8 Å². The van der Waals surface area contributed by atoms with E-state index in [9.17, 15) is 4.79 Å². The number of esters is 1. The Kier molecular flexibility index (Phi) is 9.30. The Labute approximate surface area is 157 Å². The number of hydrogen-bond donors (Lipinski definition) is 1. The standard InChI is InChI=1S/C20H32ClNO3/c1-6-15(7-2)19(25-17-10-8-16(21)9-11-17)14(5)24-20(23)18(22)12-13(3)4/h8-11,13-15,18-19H,6-7,12,22H2,1-5H3/t14-,18-,19+/m0/s1. The third-order valence-corrected chi connectivity index (χ3v) is 4.64. The maximum absolute atomic E-state index is 12.3. The fourth-order valence-electron chi connectivity index (χ4n) is 2.94. The number of ether oxygens (including phenoxy) is 2. The van der Waals surface area contributed by atoms with Crippen LogP contribution in [0.5, 0.6) is 5.75 Å². The molecule has 3 atom stereocenters. The summed E-state index contributed by atoms with van der Waals surface area (Å²) in [6.07, 6.45) is 1.88. The predicted octanol–water partition coefficient (Wildman–Crippen LogP) is 4.83. The molecule has 4 nitrogen and oxygen atoms in total. The van der Waals surface area contributed by atoms with Crippen molar-refractivity contribution in [3.63, 3.8) is 0 Å². The average Bonchev–Trinajstić information content (AvgIpc) is 2.56. The van der Waals surface area contributed by atoms with Gasteiger partial charge in [-0.15, -0.1) is 0 Å². The summed E-state index contributed by atoms with van der Waals surface area (Å²) in [4.78, 5) is 12.3. The molecule has 1 rings (SSSR count). The van der Waals surface area contributed by atoms with Crippen molar-refractivity contribution in [3.8, 4) is 5.75 Å². The van der Waals surface area contributed by atoms with Gasteiger partial charge in [0.25, 0.3) is 0 Å². The van der Waals surface area contributed by atoms with Gasteiger partial charge in [0.1, 0.15) is 24.0 Å². The monoisotopic (exact) mass is 369 g/mol. The van der Waals surface area contributed by atoms with E-state index in [1.54, 1.807) is 12.1 Å². The van der Waals surface area contributed by atoms with E-state index in [1.807, 2.05) is 32.9 Å². The van der Waals surface area contributed by atoms with Gasteiger partial charge >= 0.3 is 5.97 Å². The van der Waals surface area contributed by atoms with Crippen LogP contribution >= 0.6 is 11.6 Å². The molecule has 0 unspecified atom stereocenters. The SMILES string of the molecule is CCC(CC)[C@H](Oc1ccc(Cl)cc1)[C@H](C)OC(=O)[C@@H](N)CC(C)C. The van der Waals surface area contributed by atoms with Crippen molar-refractivity contribution in [1.82, 2.24) is 0 Å². The maximum atomic E-state index is 12.3. The van der Waals surface area contributed by atoms with Gasteiger partial charge in [0, 0.05) is 5.02 Å². The summed E-state index contributed by atoms with van der Waals surface area (Å²) < 4.78 is 11.8. The summed E-state index contributed by atoms with van der Waals surface area (Å²) in [6.45, 7) is 10.2. The summed E-state index contributed by atoms with van der Waals surface area (Å²) in [5.41, 5.74) is 5.95. The highest BCUT2D eigenvalue weighted by Gasteiger charge is 2.31. The van der Waals surface area contributed by atoms with Gasteiger partial charge in [-0.05, 0) is 62.3 Å². The van der Waals surface area contributed by atoms with Crippen LogP contribution in [0, 0.1) is 11.8 Å². The molecule has 0 fully saturated rings. The van der Waals surface area contributed by atoms with Crippen LogP contribution in [0.4, 0.5) is 0 Å². The molecule has 1 aromatic carbocycles. The highest BCUT2D eigenvalue weighted by molar-refractivity contribution is 6.30. The van der Waals surface area contributed by atoms with E-state index in [0.29, 0.717) is 17.4 Å². The van der Waals surface area contributed by atoms with Crippen LogP contribution < -0.4 is 10.5 Å². The number of halogens is 1. The van der Waals surface area contributed by atoms with E-state index < -0.39 is 6.04 Å². The van der Waals surface area contributed by atoms with E-state index in [-0.39, 0.29) is 24.1 Å². The van der Waals surface area contributed by atoms with Gasteiger partial charge in [-0.1, -0.05) is 39.3 Å². The molecule has 0 amide bonds. The molecule has 5 heteroatoms. The van der Waals surface area contributed by atoms with Crippen molar-refractivity contribution in [2.75, 3.05) is 0 Å². The first-order valence-corrected chi connectivity index (χ1v) is 9.54. The van der Waals surface area contributed by atoms with Crippen LogP contribution in [0.2, 0.25) is 5.02 Å². The van der Waals surface area contributed by atoms with Crippen molar-refractivity contribution >= 4 is 17.6 Å². The van der Waals surface area contributed by atoms with Crippen molar-refractivity contribution in [2.45, 2.75) is 72.1 Å². The maximum Gasteiger partial charge on any atom is 0.323 e. The van der Waals surface area contributed by atoms with Gasteiger partial charge in [0.2, 0.25) is 0 Å². The lowest BCUT2D eigenvalue weighted by atomic mass is 9.93. The van der Waals surface area contributed by atoms with E-state index >= 15 is 0 Å². The van der Waals surface area contributed by atoms with Crippen LogP contribution in [-0.2, 0) is 9.53 Å². The number of rotatable bonds is 10. The van der Waals surface area contributed by atoms with Crippen LogP contribution in [0.3, 0.4) is 0 Å². The van der Waals surface area contributed by atoms with Gasteiger partial charge in [-0.25, -0.2) is 0 Å². The number of carbonyl (C=O) groups is 1. The topological polar surface area (TPSA) is 61.5 Å². The van der Waals surface area contributed by atoms with Crippen LogP contribution in [0.25, 0.3) is 0 Å². The van der Waals surface area contributed by atoms with Crippen LogP contribution in [0.1, 0.15) is 53.9 Å². The molecule has 1 aromatic rings. The quantitative estimate of drug-likeness (QED) is 0.600. The number of benzene rings is 1. The average molecular weight is 370 g/mol. The Bertz CT molecular complexity index is 514. The summed E-state index contributed by atoms with van der Waals surface area (Å²) in [7, 11) is 0. The molecule has 25 heavy (non-hydrogen) atoms. The molecule has 0 aromatic heterocycles. The van der Waals surface area contributed by atoms with Crippen LogP contribution in [0.15, 0.2) is 24.3 Å². The van der Waals surface area contributed by atoms with Gasteiger partial charge in [0.15, 0.2) is 0 Å². The van der Waals surface area contributed by atoms with Crippen molar-refractivity contribution in [1.29, 1.82) is 0 Å². The predicted molar refractivity (Wildman–Crippen MR) is 103 cm³/mol. The molecule has 0 heterocycles. The molecule has 0 aliphatic rings. The Morgan fingerprint density at radius 3 is 2.16 bits per heavy atom. The molecule has 0 saturated carbocycles. The molecule has 0 bridgehead atoms. The van der Waals surface area contributed by atoms with E-state index in [0.717, 1.165) is 18.6 Å². The summed E-state index contributed by atoms with van der Waals surface area (Å²) in [5.74, 6) is 0.977. The van der Waals surface area contributed by atoms with Gasteiger partial charge in [0.05, 0.1) is 0 Å². The Balaban J connectivity index is 2.83. The highest BCUT2D eigenvalue weighted by Crippen LogP contribution is 2.25. The number of hydrogen-bond acceptors (Lipinski definition) is 4. The zero-order chi connectivity index (χ0) is 19.0. The summed E-state index contributed by atoms with van der Waals surface area (Å²) >= 11 is 5.93. The molecular weight excluding hydrogens is 338 g/mol. The second kappa shape index (κ2) is 10.7. The molecule has 0 saturated heterocycles. The molecule has 0 aliphatic carbocycles.